The van der Waals surface area contributed by atoms with Crippen molar-refractivity contribution in [1.82, 2.24) is 4.98 Å². The Morgan fingerprint density at radius 2 is 2.36 bits per heavy atom. The summed E-state index contributed by atoms with van der Waals surface area (Å²) in [7, 11) is 0. The van der Waals surface area contributed by atoms with Crippen molar-refractivity contribution in [2.24, 2.45) is 0 Å². The number of nitrogens with zero attached hydrogens (tertiary/aromatic N) is 1. The Labute approximate surface area is 66.9 Å². The number of rotatable bonds is 3. The van der Waals surface area contributed by atoms with E-state index in [1.165, 1.54) is 5.56 Å². The molecule has 0 saturated heterocycles. The summed E-state index contributed by atoms with van der Waals surface area (Å²) in [4.78, 5) is 4.12. The van der Waals surface area contributed by atoms with Crippen molar-refractivity contribution < 1.29 is 5.11 Å². The normalized spacial score (nSPS) is 10.0. The van der Waals surface area contributed by atoms with E-state index < -0.39 is 0 Å². The summed E-state index contributed by atoms with van der Waals surface area (Å²) in [5.74, 6) is 0. The van der Waals surface area contributed by atoms with E-state index in [1.54, 1.807) is 6.20 Å². The molecule has 0 saturated carbocycles. The largest absolute Gasteiger partial charge is 0.396 e. The van der Waals surface area contributed by atoms with E-state index in [1.807, 2.05) is 12.1 Å². The van der Waals surface area contributed by atoms with Gasteiger partial charge in [0.2, 0.25) is 0 Å². The molecule has 0 spiro atoms. The first-order valence-corrected chi connectivity index (χ1v) is 3.91. The highest BCUT2D eigenvalue weighted by atomic mass is 16.3. The van der Waals surface area contributed by atoms with Crippen LogP contribution in [0.1, 0.15) is 18.2 Å². The molecule has 2 heteroatoms. The van der Waals surface area contributed by atoms with E-state index in [-0.39, 0.29) is 6.61 Å². The number of aliphatic hydroxyl groups excluding tert-OH is 1. The zero-order chi connectivity index (χ0) is 8.10. The molecule has 1 N–H and O–H groups in total. The lowest BCUT2D eigenvalue weighted by molar-refractivity contribution is 0.298. The average Bonchev–Trinajstić information content (AvgIpc) is 2.06. The Balaban J connectivity index is 2.74. The van der Waals surface area contributed by atoms with Gasteiger partial charge in [0.25, 0.3) is 0 Å². The van der Waals surface area contributed by atoms with Crippen LogP contribution in [0.15, 0.2) is 18.3 Å². The first-order valence-electron chi connectivity index (χ1n) is 3.91. The molecule has 1 rings (SSSR count). The Kier molecular flexibility index (Phi) is 3.05. The molecule has 0 aliphatic carbocycles. The van der Waals surface area contributed by atoms with Gasteiger partial charge in [-0.2, -0.15) is 0 Å². The van der Waals surface area contributed by atoms with Gasteiger partial charge in [0.15, 0.2) is 0 Å². The SMILES string of the molecule is CCc1ccnc(CCO)c1. The van der Waals surface area contributed by atoms with Crippen LogP contribution < -0.4 is 0 Å². The van der Waals surface area contributed by atoms with Crippen LogP contribution >= 0.6 is 0 Å². The second-order valence-corrected chi connectivity index (χ2v) is 2.48. The zero-order valence-corrected chi connectivity index (χ0v) is 6.75. The predicted molar refractivity (Wildman–Crippen MR) is 44.4 cm³/mol. The van der Waals surface area contributed by atoms with Crippen LogP contribution in [0.4, 0.5) is 0 Å². The second-order valence-electron chi connectivity index (χ2n) is 2.48. The quantitative estimate of drug-likeness (QED) is 0.703. The summed E-state index contributed by atoms with van der Waals surface area (Å²) in [5.41, 5.74) is 2.26. The van der Waals surface area contributed by atoms with Crippen molar-refractivity contribution in [3.8, 4) is 0 Å². The molecule has 0 aromatic carbocycles. The number of aromatic nitrogens is 1. The highest BCUT2D eigenvalue weighted by molar-refractivity contribution is 5.16. The van der Waals surface area contributed by atoms with Crippen LogP contribution in [0, 0.1) is 0 Å². The van der Waals surface area contributed by atoms with E-state index in [0.717, 1.165) is 12.1 Å². The molecule has 0 amide bonds. The highest BCUT2D eigenvalue weighted by Gasteiger charge is 1.93. The smallest absolute Gasteiger partial charge is 0.0486 e. The van der Waals surface area contributed by atoms with E-state index >= 15 is 0 Å². The van der Waals surface area contributed by atoms with Gasteiger partial charge in [-0.25, -0.2) is 0 Å². The van der Waals surface area contributed by atoms with Gasteiger partial charge in [0, 0.05) is 24.9 Å². The molecule has 60 valence electrons. The predicted octanol–water partition coefficient (Wildman–Crippen LogP) is 1.18. The van der Waals surface area contributed by atoms with Gasteiger partial charge in [0.1, 0.15) is 0 Å². The fourth-order valence-corrected chi connectivity index (χ4v) is 0.999. The molecule has 1 aromatic heterocycles. The topological polar surface area (TPSA) is 33.1 Å². The summed E-state index contributed by atoms with van der Waals surface area (Å²) in [6.45, 7) is 2.29. The van der Waals surface area contributed by atoms with Crippen LogP contribution in [-0.2, 0) is 12.8 Å². The molecule has 1 heterocycles. The Bertz CT molecular complexity index is 223. The van der Waals surface area contributed by atoms with Gasteiger partial charge >= 0.3 is 0 Å². The molecule has 0 fully saturated rings. The average molecular weight is 151 g/mol. The van der Waals surface area contributed by atoms with Gasteiger partial charge in [-0.1, -0.05) is 6.92 Å². The number of aliphatic hydroxyl groups is 1. The first kappa shape index (κ1) is 8.21. The third kappa shape index (κ3) is 2.31. The van der Waals surface area contributed by atoms with E-state index in [0.29, 0.717) is 6.42 Å². The molecule has 0 aliphatic heterocycles. The molecule has 0 atom stereocenters. The van der Waals surface area contributed by atoms with Crippen molar-refractivity contribution in [2.45, 2.75) is 19.8 Å². The minimum absolute atomic E-state index is 0.181. The van der Waals surface area contributed by atoms with Crippen molar-refractivity contribution in [3.63, 3.8) is 0 Å². The lowest BCUT2D eigenvalue weighted by Gasteiger charge is -1.99. The molecular formula is C9H13NO. The molecule has 0 aliphatic rings. The third-order valence-corrected chi connectivity index (χ3v) is 1.66. The summed E-state index contributed by atoms with van der Waals surface area (Å²) >= 11 is 0. The van der Waals surface area contributed by atoms with Crippen molar-refractivity contribution in [2.75, 3.05) is 6.61 Å². The Hall–Kier alpha value is -0.890. The highest BCUT2D eigenvalue weighted by Crippen LogP contribution is 2.02. The lowest BCUT2D eigenvalue weighted by atomic mass is 10.1. The summed E-state index contributed by atoms with van der Waals surface area (Å²) < 4.78 is 0. The maximum atomic E-state index is 8.64. The van der Waals surface area contributed by atoms with Crippen LogP contribution in [0.3, 0.4) is 0 Å². The molecule has 0 bridgehead atoms. The zero-order valence-electron chi connectivity index (χ0n) is 6.75. The van der Waals surface area contributed by atoms with Crippen molar-refractivity contribution in [1.29, 1.82) is 0 Å². The van der Waals surface area contributed by atoms with Gasteiger partial charge in [-0.3, -0.25) is 4.98 Å². The standard InChI is InChI=1S/C9H13NO/c1-2-8-3-5-10-9(7-8)4-6-11/h3,5,7,11H,2,4,6H2,1H3. The fraction of sp³-hybridized carbons (Fsp3) is 0.444. The first-order chi connectivity index (χ1) is 5.36. The number of hydrogen-bond donors (Lipinski definition) is 1. The Morgan fingerprint density at radius 1 is 1.55 bits per heavy atom. The van der Waals surface area contributed by atoms with E-state index in [2.05, 4.69) is 11.9 Å². The van der Waals surface area contributed by atoms with Crippen LogP contribution in [0.25, 0.3) is 0 Å². The molecule has 0 unspecified atom stereocenters. The van der Waals surface area contributed by atoms with E-state index in [9.17, 15) is 0 Å². The summed E-state index contributed by atoms with van der Waals surface area (Å²) in [5, 5.41) is 8.64. The maximum Gasteiger partial charge on any atom is 0.0486 e. The van der Waals surface area contributed by atoms with Gasteiger partial charge in [-0.15, -0.1) is 0 Å². The minimum Gasteiger partial charge on any atom is -0.396 e. The molecule has 1 aromatic rings. The fourth-order valence-electron chi connectivity index (χ4n) is 0.999. The van der Waals surface area contributed by atoms with Crippen molar-refractivity contribution >= 4 is 0 Å². The van der Waals surface area contributed by atoms with Crippen LogP contribution in [0.2, 0.25) is 0 Å². The molecule has 11 heavy (non-hydrogen) atoms. The Morgan fingerprint density at radius 3 is 3.00 bits per heavy atom. The minimum atomic E-state index is 0.181. The van der Waals surface area contributed by atoms with Gasteiger partial charge < -0.3 is 5.11 Å². The number of aryl methyl sites for hydroxylation is 1. The maximum absolute atomic E-state index is 8.64. The molecular weight excluding hydrogens is 138 g/mol. The lowest BCUT2D eigenvalue weighted by Crippen LogP contribution is -1.95. The molecule has 0 radical (unpaired) electrons. The monoisotopic (exact) mass is 151 g/mol. The van der Waals surface area contributed by atoms with E-state index in [4.69, 9.17) is 5.11 Å². The molecule has 2 nitrogen and oxygen atoms in total. The van der Waals surface area contributed by atoms with Crippen molar-refractivity contribution in [3.05, 3.63) is 29.6 Å². The number of pyridine rings is 1. The number of hydrogen-bond acceptors (Lipinski definition) is 2. The van der Waals surface area contributed by atoms with Crippen LogP contribution in [-0.4, -0.2) is 16.7 Å². The summed E-state index contributed by atoms with van der Waals surface area (Å²) in [6, 6.07) is 4.04. The third-order valence-electron chi connectivity index (χ3n) is 1.66. The van der Waals surface area contributed by atoms with Gasteiger partial charge in [-0.05, 0) is 24.1 Å². The van der Waals surface area contributed by atoms with Crippen LogP contribution in [0.5, 0.6) is 0 Å². The summed E-state index contributed by atoms with van der Waals surface area (Å²) in [6.07, 6.45) is 3.48. The second kappa shape index (κ2) is 4.09. The van der Waals surface area contributed by atoms with Gasteiger partial charge in [0.05, 0.1) is 0 Å².